The van der Waals surface area contributed by atoms with Gasteiger partial charge in [0.2, 0.25) is 5.76 Å². The molecule has 166 valence electrons. The molecule has 0 saturated carbocycles. The lowest BCUT2D eigenvalue weighted by atomic mass is 9.98. The Bertz CT molecular complexity index is 1270. The van der Waals surface area contributed by atoms with Crippen LogP contribution in [0.4, 0.5) is 0 Å². The highest BCUT2D eigenvalue weighted by molar-refractivity contribution is 6.31. The molecular formula is C24H23ClN2O5. The van der Waals surface area contributed by atoms with E-state index in [-0.39, 0.29) is 17.1 Å². The van der Waals surface area contributed by atoms with Crippen molar-refractivity contribution < 1.29 is 18.7 Å². The van der Waals surface area contributed by atoms with Crippen molar-refractivity contribution in [3.63, 3.8) is 0 Å². The van der Waals surface area contributed by atoms with Gasteiger partial charge >= 0.3 is 0 Å². The molecule has 2 aliphatic rings. The lowest BCUT2D eigenvalue weighted by Crippen LogP contribution is -2.32. The van der Waals surface area contributed by atoms with E-state index in [9.17, 15) is 9.59 Å². The van der Waals surface area contributed by atoms with Crippen molar-refractivity contribution in [3.05, 3.63) is 68.5 Å². The number of amides is 1. The fourth-order valence-corrected chi connectivity index (χ4v) is 4.53. The first-order chi connectivity index (χ1) is 15.4. The molecule has 1 amide bonds. The zero-order valence-corrected chi connectivity index (χ0v) is 18.6. The Kier molecular flexibility index (Phi) is 5.31. The number of nitrogens with zero attached hydrogens (tertiary/aromatic N) is 2. The molecule has 32 heavy (non-hydrogen) atoms. The Balaban J connectivity index is 1.66. The largest absolute Gasteiger partial charge is 0.486 e. The molecule has 1 aromatic heterocycles. The van der Waals surface area contributed by atoms with E-state index in [1.54, 1.807) is 23.1 Å². The van der Waals surface area contributed by atoms with E-state index in [0.29, 0.717) is 52.8 Å². The van der Waals surface area contributed by atoms with Gasteiger partial charge in [-0.15, -0.1) is 0 Å². The molecule has 0 fully saturated rings. The summed E-state index contributed by atoms with van der Waals surface area (Å²) < 4.78 is 17.3. The van der Waals surface area contributed by atoms with Crippen LogP contribution < -0.4 is 14.9 Å². The standard InChI is InChI=1S/C24H23ClN2O5/c1-26(2)8-3-9-27-21(14-4-6-18-19(12-14)31-11-10-30-18)20-22(28)16-13-15(25)5-7-17(16)32-23(20)24(27)29/h4-7,12-13,21H,3,8-11H2,1-2H3. The first-order valence-corrected chi connectivity index (χ1v) is 10.9. The Labute approximate surface area is 190 Å². The molecule has 0 aliphatic carbocycles. The molecule has 0 radical (unpaired) electrons. The second-order valence-electron chi connectivity index (χ2n) is 8.28. The normalized spacial score (nSPS) is 17.3. The predicted octanol–water partition coefficient (Wildman–Crippen LogP) is 3.71. The Hall–Kier alpha value is -3.03. The molecule has 8 heteroatoms. The third kappa shape index (κ3) is 3.51. The summed E-state index contributed by atoms with van der Waals surface area (Å²) in [6.07, 6.45) is 0.757. The molecule has 0 N–H and O–H groups in total. The van der Waals surface area contributed by atoms with Gasteiger partial charge in [-0.05, 0) is 63.0 Å². The quantitative estimate of drug-likeness (QED) is 0.585. The van der Waals surface area contributed by atoms with E-state index in [2.05, 4.69) is 4.90 Å². The van der Waals surface area contributed by atoms with Crippen molar-refractivity contribution in [1.29, 1.82) is 0 Å². The maximum Gasteiger partial charge on any atom is 0.290 e. The Morgan fingerprint density at radius 2 is 1.84 bits per heavy atom. The van der Waals surface area contributed by atoms with Gasteiger partial charge in [0.05, 0.1) is 17.0 Å². The average Bonchev–Trinajstić information content (AvgIpc) is 3.06. The number of hydrogen-bond donors (Lipinski definition) is 0. The molecule has 3 heterocycles. The fraction of sp³-hybridized carbons (Fsp3) is 0.333. The minimum absolute atomic E-state index is 0.0922. The van der Waals surface area contributed by atoms with Crippen molar-refractivity contribution in [2.24, 2.45) is 0 Å². The van der Waals surface area contributed by atoms with E-state index in [4.69, 9.17) is 25.5 Å². The molecule has 0 saturated heterocycles. The highest BCUT2D eigenvalue weighted by atomic mass is 35.5. The summed E-state index contributed by atoms with van der Waals surface area (Å²) in [5.41, 5.74) is 1.22. The number of hydrogen-bond acceptors (Lipinski definition) is 6. The van der Waals surface area contributed by atoms with E-state index in [1.165, 1.54) is 0 Å². The SMILES string of the molecule is CN(C)CCCN1C(=O)c2oc3ccc(Cl)cc3c(=O)c2C1c1ccc2c(c1)OCCO2. The second-order valence-corrected chi connectivity index (χ2v) is 8.71. The van der Waals surface area contributed by atoms with Crippen LogP contribution in [0.2, 0.25) is 5.02 Å². The summed E-state index contributed by atoms with van der Waals surface area (Å²) in [6.45, 7) is 2.24. The number of rotatable bonds is 5. The first kappa shape index (κ1) is 20.8. The van der Waals surface area contributed by atoms with Gasteiger partial charge in [-0.1, -0.05) is 17.7 Å². The molecule has 3 aromatic rings. The van der Waals surface area contributed by atoms with Crippen LogP contribution in [-0.2, 0) is 0 Å². The zero-order chi connectivity index (χ0) is 22.4. The van der Waals surface area contributed by atoms with Crippen molar-refractivity contribution in [1.82, 2.24) is 9.80 Å². The summed E-state index contributed by atoms with van der Waals surface area (Å²) in [4.78, 5) is 30.7. The van der Waals surface area contributed by atoms with Crippen LogP contribution in [0, 0.1) is 0 Å². The minimum Gasteiger partial charge on any atom is -0.486 e. The molecule has 2 aliphatic heterocycles. The number of halogens is 1. The van der Waals surface area contributed by atoms with E-state index in [1.807, 2.05) is 32.3 Å². The van der Waals surface area contributed by atoms with Crippen LogP contribution in [0.3, 0.4) is 0 Å². The van der Waals surface area contributed by atoms with Gasteiger partial charge in [0.15, 0.2) is 16.9 Å². The molecule has 0 spiro atoms. The van der Waals surface area contributed by atoms with E-state index >= 15 is 0 Å². The Morgan fingerprint density at radius 1 is 1.06 bits per heavy atom. The number of carbonyl (C=O) groups excluding carboxylic acids is 1. The van der Waals surface area contributed by atoms with Crippen LogP contribution >= 0.6 is 11.6 Å². The smallest absolute Gasteiger partial charge is 0.290 e. The van der Waals surface area contributed by atoms with Gasteiger partial charge in [-0.3, -0.25) is 9.59 Å². The van der Waals surface area contributed by atoms with Crippen molar-refractivity contribution in [2.45, 2.75) is 12.5 Å². The van der Waals surface area contributed by atoms with E-state index < -0.39 is 6.04 Å². The van der Waals surface area contributed by atoms with Crippen LogP contribution in [0.1, 0.15) is 34.1 Å². The summed E-state index contributed by atoms with van der Waals surface area (Å²) in [5.74, 6) is 1.07. The maximum atomic E-state index is 13.6. The average molecular weight is 455 g/mol. The van der Waals surface area contributed by atoms with Gasteiger partial charge in [0.25, 0.3) is 5.91 Å². The molecule has 2 aromatic carbocycles. The third-order valence-electron chi connectivity index (χ3n) is 5.81. The zero-order valence-electron chi connectivity index (χ0n) is 17.9. The monoisotopic (exact) mass is 454 g/mol. The van der Waals surface area contributed by atoms with Crippen LogP contribution in [0.15, 0.2) is 45.6 Å². The second kappa shape index (κ2) is 8.15. The molecular weight excluding hydrogens is 432 g/mol. The number of carbonyl (C=O) groups is 1. The summed E-state index contributed by atoms with van der Waals surface area (Å²) in [5, 5.41) is 0.800. The summed E-state index contributed by atoms with van der Waals surface area (Å²) in [6, 6.07) is 9.83. The van der Waals surface area contributed by atoms with Crippen LogP contribution in [0.5, 0.6) is 11.5 Å². The first-order valence-electron chi connectivity index (χ1n) is 10.6. The van der Waals surface area contributed by atoms with Crippen molar-refractivity contribution in [2.75, 3.05) is 40.4 Å². The van der Waals surface area contributed by atoms with Gasteiger partial charge in [0, 0.05) is 11.6 Å². The minimum atomic E-state index is -0.574. The van der Waals surface area contributed by atoms with Gasteiger partial charge in [-0.25, -0.2) is 0 Å². The maximum absolute atomic E-state index is 13.6. The van der Waals surface area contributed by atoms with Gasteiger partial charge < -0.3 is 23.7 Å². The number of benzene rings is 2. The number of fused-ring (bicyclic) bond motifs is 3. The van der Waals surface area contributed by atoms with Crippen LogP contribution in [0.25, 0.3) is 11.0 Å². The van der Waals surface area contributed by atoms with Gasteiger partial charge in [-0.2, -0.15) is 0 Å². The van der Waals surface area contributed by atoms with Crippen LogP contribution in [-0.4, -0.2) is 56.1 Å². The molecule has 0 bridgehead atoms. The number of ether oxygens (including phenoxy) is 2. The van der Waals surface area contributed by atoms with E-state index in [0.717, 1.165) is 18.5 Å². The highest BCUT2D eigenvalue weighted by Crippen LogP contribution is 2.41. The Morgan fingerprint density at radius 3 is 2.62 bits per heavy atom. The fourth-order valence-electron chi connectivity index (χ4n) is 4.36. The molecule has 5 rings (SSSR count). The third-order valence-corrected chi connectivity index (χ3v) is 6.05. The molecule has 1 atom stereocenters. The summed E-state index contributed by atoms with van der Waals surface area (Å²) in [7, 11) is 3.97. The topological polar surface area (TPSA) is 72.2 Å². The lowest BCUT2D eigenvalue weighted by Gasteiger charge is -2.27. The highest BCUT2D eigenvalue weighted by Gasteiger charge is 2.42. The molecule has 1 unspecified atom stereocenters. The predicted molar refractivity (Wildman–Crippen MR) is 121 cm³/mol. The molecule has 7 nitrogen and oxygen atoms in total. The van der Waals surface area contributed by atoms with Crippen molar-refractivity contribution in [3.8, 4) is 11.5 Å². The van der Waals surface area contributed by atoms with Crippen molar-refractivity contribution >= 4 is 28.5 Å². The van der Waals surface area contributed by atoms with Gasteiger partial charge in [0.1, 0.15) is 18.8 Å². The lowest BCUT2D eigenvalue weighted by molar-refractivity contribution is 0.0721. The summed E-state index contributed by atoms with van der Waals surface area (Å²) >= 11 is 6.14.